The first-order valence-electron chi connectivity index (χ1n) is 9.09. The zero-order valence-electron chi connectivity index (χ0n) is 17.1. The van der Waals surface area contributed by atoms with E-state index in [2.05, 4.69) is 48.1 Å². The Labute approximate surface area is 154 Å². The lowest BCUT2D eigenvalue weighted by molar-refractivity contribution is -0.0490. The summed E-state index contributed by atoms with van der Waals surface area (Å²) in [5.41, 5.74) is 1.51. The third-order valence-corrected chi connectivity index (χ3v) is 4.03. The van der Waals surface area contributed by atoms with Crippen molar-refractivity contribution in [1.29, 1.82) is 0 Å². The standard InChI is InChI=1S/C22H36O3/c1-9-10-17-11-12-18(19(15-17)23-8)24-13-14-25-20(22(5,6)7)16-21(2,3)4/h9,11-12,15,20H,1,10,13-14,16H2,2-8H3. The van der Waals surface area contributed by atoms with E-state index in [-0.39, 0.29) is 16.9 Å². The summed E-state index contributed by atoms with van der Waals surface area (Å²) in [6.45, 7) is 18.3. The Hall–Kier alpha value is -1.48. The summed E-state index contributed by atoms with van der Waals surface area (Å²) in [5, 5.41) is 0. The van der Waals surface area contributed by atoms with Gasteiger partial charge in [0.25, 0.3) is 0 Å². The largest absolute Gasteiger partial charge is 0.493 e. The molecule has 1 aromatic carbocycles. The molecule has 0 N–H and O–H groups in total. The summed E-state index contributed by atoms with van der Waals surface area (Å²) in [5.74, 6) is 1.50. The lowest BCUT2D eigenvalue weighted by Gasteiger charge is -2.35. The van der Waals surface area contributed by atoms with E-state index >= 15 is 0 Å². The van der Waals surface area contributed by atoms with Gasteiger partial charge in [-0.25, -0.2) is 0 Å². The molecule has 0 amide bonds. The van der Waals surface area contributed by atoms with Crippen LogP contribution in [0.2, 0.25) is 0 Å². The molecule has 0 bridgehead atoms. The van der Waals surface area contributed by atoms with Crippen LogP contribution in [0.3, 0.4) is 0 Å². The van der Waals surface area contributed by atoms with E-state index in [1.165, 1.54) is 0 Å². The summed E-state index contributed by atoms with van der Waals surface area (Å²) in [4.78, 5) is 0. The minimum Gasteiger partial charge on any atom is -0.493 e. The predicted molar refractivity (Wildman–Crippen MR) is 106 cm³/mol. The molecule has 0 aliphatic heterocycles. The molecule has 1 atom stereocenters. The Morgan fingerprint density at radius 3 is 2.24 bits per heavy atom. The molecule has 0 saturated carbocycles. The third-order valence-electron chi connectivity index (χ3n) is 4.03. The van der Waals surface area contributed by atoms with Gasteiger partial charge < -0.3 is 14.2 Å². The first-order valence-corrected chi connectivity index (χ1v) is 9.09. The zero-order chi connectivity index (χ0) is 19.1. The van der Waals surface area contributed by atoms with Gasteiger partial charge >= 0.3 is 0 Å². The van der Waals surface area contributed by atoms with Crippen molar-refractivity contribution in [2.45, 2.75) is 60.5 Å². The topological polar surface area (TPSA) is 27.7 Å². The van der Waals surface area contributed by atoms with Gasteiger partial charge in [-0.15, -0.1) is 6.58 Å². The zero-order valence-corrected chi connectivity index (χ0v) is 17.1. The number of ether oxygens (including phenoxy) is 3. The van der Waals surface area contributed by atoms with E-state index in [0.717, 1.165) is 29.9 Å². The van der Waals surface area contributed by atoms with Crippen molar-refractivity contribution in [1.82, 2.24) is 0 Å². The number of hydrogen-bond donors (Lipinski definition) is 0. The molecule has 1 aromatic rings. The number of allylic oxidation sites excluding steroid dienone is 1. The van der Waals surface area contributed by atoms with Gasteiger partial charge in [0.1, 0.15) is 6.61 Å². The van der Waals surface area contributed by atoms with Gasteiger partial charge in [-0.3, -0.25) is 0 Å². The van der Waals surface area contributed by atoms with Crippen LogP contribution in [0, 0.1) is 10.8 Å². The molecule has 25 heavy (non-hydrogen) atoms. The predicted octanol–water partition coefficient (Wildman–Crippen LogP) is 5.67. The SMILES string of the molecule is C=CCc1ccc(OCCOC(CC(C)(C)C)C(C)(C)C)c(OC)c1. The van der Waals surface area contributed by atoms with E-state index in [9.17, 15) is 0 Å². The average molecular weight is 349 g/mol. The van der Waals surface area contributed by atoms with E-state index in [4.69, 9.17) is 14.2 Å². The molecule has 1 unspecified atom stereocenters. The monoisotopic (exact) mass is 348 g/mol. The van der Waals surface area contributed by atoms with Gasteiger partial charge in [-0.2, -0.15) is 0 Å². The second-order valence-electron chi connectivity index (χ2n) is 8.82. The Morgan fingerprint density at radius 1 is 1.04 bits per heavy atom. The number of hydrogen-bond acceptors (Lipinski definition) is 3. The molecule has 3 nitrogen and oxygen atoms in total. The van der Waals surface area contributed by atoms with Crippen LogP contribution in [-0.2, 0) is 11.2 Å². The molecule has 0 fully saturated rings. The van der Waals surface area contributed by atoms with Crippen molar-refractivity contribution in [3.05, 3.63) is 36.4 Å². The fourth-order valence-electron chi connectivity index (χ4n) is 2.64. The van der Waals surface area contributed by atoms with Crippen molar-refractivity contribution >= 4 is 0 Å². The molecule has 0 aromatic heterocycles. The van der Waals surface area contributed by atoms with Gasteiger partial charge in [-0.1, -0.05) is 53.7 Å². The maximum atomic E-state index is 6.16. The Kier molecular flexibility index (Phi) is 8.01. The van der Waals surface area contributed by atoms with E-state index in [1.807, 2.05) is 24.3 Å². The second-order valence-corrected chi connectivity index (χ2v) is 8.82. The first kappa shape index (κ1) is 21.6. The third kappa shape index (κ3) is 7.96. The number of rotatable bonds is 9. The second kappa shape index (κ2) is 9.28. The molecular formula is C22H36O3. The van der Waals surface area contributed by atoms with Crippen molar-refractivity contribution < 1.29 is 14.2 Å². The van der Waals surface area contributed by atoms with E-state index < -0.39 is 0 Å². The highest BCUT2D eigenvalue weighted by Gasteiger charge is 2.29. The summed E-state index contributed by atoms with van der Waals surface area (Å²) in [7, 11) is 1.66. The fraction of sp³-hybridized carbons (Fsp3) is 0.636. The molecule has 0 spiro atoms. The smallest absolute Gasteiger partial charge is 0.161 e. The normalized spacial score (nSPS) is 13.4. The van der Waals surface area contributed by atoms with Crippen LogP contribution < -0.4 is 9.47 Å². The Bertz CT molecular complexity index is 535. The Balaban J connectivity index is 2.59. The number of benzene rings is 1. The van der Waals surface area contributed by atoms with Crippen LogP contribution in [0.4, 0.5) is 0 Å². The van der Waals surface area contributed by atoms with Crippen LogP contribution in [0.25, 0.3) is 0 Å². The van der Waals surface area contributed by atoms with Gasteiger partial charge in [0.15, 0.2) is 11.5 Å². The summed E-state index contributed by atoms with van der Waals surface area (Å²) < 4.78 is 17.5. The maximum Gasteiger partial charge on any atom is 0.161 e. The molecule has 0 heterocycles. The lowest BCUT2D eigenvalue weighted by atomic mass is 9.78. The first-order chi connectivity index (χ1) is 11.6. The highest BCUT2D eigenvalue weighted by molar-refractivity contribution is 5.43. The molecular weight excluding hydrogens is 312 g/mol. The molecule has 0 aliphatic carbocycles. The number of methoxy groups -OCH3 is 1. The molecule has 0 radical (unpaired) electrons. The average Bonchev–Trinajstić information content (AvgIpc) is 2.49. The quantitative estimate of drug-likeness (QED) is 0.425. The molecule has 3 heteroatoms. The molecule has 0 aliphatic rings. The molecule has 0 saturated heterocycles. The van der Waals surface area contributed by atoms with Gasteiger partial charge in [0.2, 0.25) is 0 Å². The minimum absolute atomic E-state index is 0.108. The van der Waals surface area contributed by atoms with Gasteiger partial charge in [-0.05, 0) is 41.4 Å². The van der Waals surface area contributed by atoms with Crippen LogP contribution in [0.15, 0.2) is 30.9 Å². The summed E-state index contributed by atoms with van der Waals surface area (Å²) >= 11 is 0. The minimum atomic E-state index is 0.108. The van der Waals surface area contributed by atoms with Crippen molar-refractivity contribution in [2.75, 3.05) is 20.3 Å². The van der Waals surface area contributed by atoms with Crippen LogP contribution >= 0.6 is 0 Å². The Morgan fingerprint density at radius 2 is 1.72 bits per heavy atom. The van der Waals surface area contributed by atoms with Crippen LogP contribution in [-0.4, -0.2) is 26.4 Å². The summed E-state index contributed by atoms with van der Waals surface area (Å²) in [6.07, 6.45) is 3.92. The van der Waals surface area contributed by atoms with Crippen molar-refractivity contribution in [3.8, 4) is 11.5 Å². The highest BCUT2D eigenvalue weighted by atomic mass is 16.5. The van der Waals surface area contributed by atoms with E-state index in [1.54, 1.807) is 7.11 Å². The fourth-order valence-corrected chi connectivity index (χ4v) is 2.64. The highest BCUT2D eigenvalue weighted by Crippen LogP contribution is 2.33. The van der Waals surface area contributed by atoms with Gasteiger partial charge in [0, 0.05) is 0 Å². The van der Waals surface area contributed by atoms with Gasteiger partial charge in [0.05, 0.1) is 19.8 Å². The summed E-state index contributed by atoms with van der Waals surface area (Å²) in [6, 6.07) is 5.99. The van der Waals surface area contributed by atoms with Crippen molar-refractivity contribution in [2.24, 2.45) is 10.8 Å². The molecule has 142 valence electrons. The molecule has 1 rings (SSSR count). The maximum absolute atomic E-state index is 6.16. The van der Waals surface area contributed by atoms with Crippen LogP contribution in [0.5, 0.6) is 11.5 Å². The van der Waals surface area contributed by atoms with Crippen LogP contribution in [0.1, 0.15) is 53.5 Å². The van der Waals surface area contributed by atoms with Crippen molar-refractivity contribution in [3.63, 3.8) is 0 Å². The lowest BCUT2D eigenvalue weighted by Crippen LogP contribution is -2.34. The van der Waals surface area contributed by atoms with E-state index in [0.29, 0.717) is 13.2 Å².